The van der Waals surface area contributed by atoms with Gasteiger partial charge in [-0.15, -0.1) is 0 Å². The van der Waals surface area contributed by atoms with Crippen LogP contribution in [0, 0.1) is 12.0 Å². The van der Waals surface area contributed by atoms with Gasteiger partial charge in [-0.3, -0.25) is 0 Å². The Labute approximate surface area is 130 Å². The van der Waals surface area contributed by atoms with Gasteiger partial charge >= 0.3 is 0 Å². The van der Waals surface area contributed by atoms with E-state index in [2.05, 4.69) is 19.8 Å². The van der Waals surface area contributed by atoms with Crippen molar-refractivity contribution in [3.05, 3.63) is 29.8 Å². The fourth-order valence-corrected chi connectivity index (χ4v) is 0.860. The number of nitrogens with two attached hydrogens (primary N) is 2. The lowest BCUT2D eigenvalue weighted by atomic mass is 10.2. The first-order chi connectivity index (χ1) is 10.1. The van der Waals surface area contributed by atoms with E-state index in [-0.39, 0.29) is 0 Å². The summed E-state index contributed by atoms with van der Waals surface area (Å²) in [4.78, 5) is 0. The molecule has 0 saturated carbocycles. The molecule has 0 atom stereocenters. The molecular weight excluding hydrogens is 264 g/mol. The molecule has 0 aliphatic heterocycles. The van der Waals surface area contributed by atoms with Crippen molar-refractivity contribution in [3.63, 3.8) is 0 Å². The molecule has 0 radical (unpaired) electrons. The predicted octanol–water partition coefficient (Wildman–Crippen LogP) is 3.53. The first-order valence-corrected chi connectivity index (χ1v) is 7.22. The van der Waals surface area contributed by atoms with Gasteiger partial charge < -0.3 is 21.3 Å². The molecule has 0 fully saturated rings. The van der Waals surface area contributed by atoms with Crippen molar-refractivity contribution in [3.8, 4) is 12.0 Å². The highest BCUT2D eigenvalue weighted by Crippen LogP contribution is 2.05. The predicted molar refractivity (Wildman–Crippen MR) is 92.3 cm³/mol. The quantitative estimate of drug-likeness (QED) is 0.576. The lowest BCUT2D eigenvalue weighted by molar-refractivity contribution is 0.185. The number of benzene rings is 1. The van der Waals surface area contributed by atoms with Crippen LogP contribution in [-0.4, -0.2) is 18.8 Å². The van der Waals surface area contributed by atoms with Crippen LogP contribution in [0.2, 0.25) is 0 Å². The number of aliphatic hydroxyl groups excluding tert-OH is 1. The van der Waals surface area contributed by atoms with Crippen LogP contribution in [0.3, 0.4) is 0 Å². The topological polar surface area (TPSA) is 81.5 Å². The number of rotatable bonds is 2. The van der Waals surface area contributed by atoms with Crippen LogP contribution in [0.1, 0.15) is 46.1 Å². The van der Waals surface area contributed by atoms with Crippen LogP contribution in [-0.2, 0) is 11.3 Å². The zero-order chi connectivity index (χ0) is 16.9. The van der Waals surface area contributed by atoms with Gasteiger partial charge in [0.15, 0.2) is 0 Å². The van der Waals surface area contributed by atoms with Gasteiger partial charge in [0, 0.05) is 19.2 Å². The maximum absolute atomic E-state index is 7.71. The van der Waals surface area contributed by atoms with Gasteiger partial charge in [0.2, 0.25) is 0 Å². The van der Waals surface area contributed by atoms with E-state index in [9.17, 15) is 0 Å². The highest BCUT2D eigenvalue weighted by Gasteiger charge is 1.88. The molecule has 0 aliphatic rings. The molecule has 1 rings (SSSR count). The van der Waals surface area contributed by atoms with Gasteiger partial charge in [-0.2, -0.15) is 0 Å². The van der Waals surface area contributed by atoms with E-state index < -0.39 is 0 Å². The third kappa shape index (κ3) is 27.5. The molecule has 0 saturated heterocycles. The Morgan fingerprint density at radius 3 is 1.76 bits per heavy atom. The Morgan fingerprint density at radius 2 is 1.52 bits per heavy atom. The minimum atomic E-state index is 0.653. The second-order valence-electron chi connectivity index (χ2n) is 3.93. The summed E-state index contributed by atoms with van der Waals surface area (Å²) < 4.78 is 4.93. The lowest BCUT2D eigenvalue weighted by Gasteiger charge is -1.98. The van der Waals surface area contributed by atoms with Gasteiger partial charge in [0.25, 0.3) is 0 Å². The van der Waals surface area contributed by atoms with Crippen molar-refractivity contribution in [1.82, 2.24) is 0 Å². The van der Waals surface area contributed by atoms with E-state index in [1.54, 1.807) is 13.2 Å². The van der Waals surface area contributed by atoms with E-state index in [1.807, 2.05) is 38.1 Å². The largest absolute Gasteiger partial charge is 0.462 e. The monoisotopic (exact) mass is 296 g/mol. The summed E-state index contributed by atoms with van der Waals surface area (Å²) >= 11 is 0. The fourth-order valence-electron chi connectivity index (χ4n) is 0.860. The molecule has 1 aromatic carbocycles. The van der Waals surface area contributed by atoms with Crippen LogP contribution in [0.25, 0.3) is 0 Å². The summed E-state index contributed by atoms with van der Waals surface area (Å²) in [5.74, 6) is 2.42. The van der Waals surface area contributed by atoms with Crippen LogP contribution < -0.4 is 11.5 Å². The smallest absolute Gasteiger partial charge is 0.107 e. The second kappa shape index (κ2) is 23.4. The SMILES string of the molecule is CCC.CCC#CO.CCN.COCc1ccc(N)cc1. The Morgan fingerprint density at radius 1 is 1.10 bits per heavy atom. The maximum Gasteiger partial charge on any atom is 0.107 e. The van der Waals surface area contributed by atoms with Crippen molar-refractivity contribution in [2.75, 3.05) is 19.4 Å². The van der Waals surface area contributed by atoms with E-state index in [4.69, 9.17) is 21.3 Å². The van der Waals surface area contributed by atoms with Crippen molar-refractivity contribution in [2.24, 2.45) is 5.73 Å². The van der Waals surface area contributed by atoms with Crippen LogP contribution in [0.5, 0.6) is 0 Å². The summed E-state index contributed by atoms with van der Waals surface area (Å²) in [5, 5.41) is 7.71. The first kappa shape index (κ1) is 24.3. The molecule has 0 aliphatic carbocycles. The normalized spacial score (nSPS) is 7.52. The van der Waals surface area contributed by atoms with Gasteiger partial charge in [-0.05, 0) is 24.2 Å². The number of hydrogen-bond acceptors (Lipinski definition) is 4. The standard InChI is InChI=1S/C8H11NO.C4H6O.C3H8.C2H7N/c1-10-6-7-2-4-8(9)5-3-7;1-2-3-4-5;1-3-2;1-2-3/h2-5H,6,9H2,1H3;5H,2H2,1H3;3H2,1-2H3;2-3H2,1H3. The van der Waals surface area contributed by atoms with Gasteiger partial charge in [0.05, 0.1) is 6.61 Å². The van der Waals surface area contributed by atoms with Crippen LogP contribution in [0.15, 0.2) is 24.3 Å². The molecule has 0 bridgehead atoms. The summed E-state index contributed by atoms with van der Waals surface area (Å²) in [7, 11) is 1.68. The lowest BCUT2D eigenvalue weighted by Crippen LogP contribution is -1.88. The average Bonchev–Trinajstić information content (AvgIpc) is 2.45. The summed E-state index contributed by atoms with van der Waals surface area (Å²) in [6.07, 6.45) is 3.75. The van der Waals surface area contributed by atoms with Gasteiger partial charge in [0.1, 0.15) is 6.11 Å². The Hall–Kier alpha value is -1.70. The molecule has 4 nitrogen and oxygen atoms in total. The number of anilines is 1. The molecule has 4 heteroatoms. The van der Waals surface area contributed by atoms with E-state index in [1.165, 1.54) is 6.42 Å². The zero-order valence-electron chi connectivity index (χ0n) is 14.1. The molecule has 0 spiro atoms. The molecule has 0 unspecified atom stereocenters. The number of hydrogen-bond donors (Lipinski definition) is 3. The van der Waals surface area contributed by atoms with Gasteiger partial charge in [-0.25, -0.2) is 0 Å². The van der Waals surface area contributed by atoms with E-state index in [0.717, 1.165) is 24.2 Å². The summed E-state index contributed by atoms with van der Waals surface area (Å²) in [5.41, 5.74) is 12.3. The van der Waals surface area contributed by atoms with E-state index in [0.29, 0.717) is 6.61 Å². The second-order valence-corrected chi connectivity index (χ2v) is 3.93. The third-order valence-electron chi connectivity index (χ3n) is 1.55. The summed E-state index contributed by atoms with van der Waals surface area (Å²) in [6, 6.07) is 7.65. The molecular formula is C17H32N2O2. The zero-order valence-corrected chi connectivity index (χ0v) is 14.1. The number of methoxy groups -OCH3 is 1. The van der Waals surface area contributed by atoms with Crippen molar-refractivity contribution in [2.45, 2.75) is 47.1 Å². The molecule has 0 aromatic heterocycles. The van der Waals surface area contributed by atoms with Crippen molar-refractivity contribution >= 4 is 5.69 Å². The van der Waals surface area contributed by atoms with Crippen molar-refractivity contribution in [1.29, 1.82) is 0 Å². The molecule has 0 amide bonds. The summed E-state index contributed by atoms with van der Waals surface area (Å²) in [6.45, 7) is 9.43. The number of nitrogen functional groups attached to an aromatic ring is 1. The molecule has 1 aromatic rings. The van der Waals surface area contributed by atoms with Gasteiger partial charge in [-0.1, -0.05) is 52.2 Å². The Balaban J connectivity index is -0.000000249. The highest BCUT2D eigenvalue weighted by atomic mass is 16.5. The Kier molecular flexibility index (Phi) is 27.1. The fraction of sp³-hybridized carbons (Fsp3) is 0.529. The van der Waals surface area contributed by atoms with Crippen molar-refractivity contribution < 1.29 is 9.84 Å². The maximum atomic E-state index is 7.71. The number of aliphatic hydroxyl groups is 1. The molecule has 0 heterocycles. The minimum Gasteiger partial charge on any atom is -0.462 e. The molecule has 5 N–H and O–H groups in total. The van der Waals surface area contributed by atoms with Crippen LogP contribution in [0.4, 0.5) is 5.69 Å². The highest BCUT2D eigenvalue weighted by molar-refractivity contribution is 5.38. The van der Waals surface area contributed by atoms with E-state index >= 15 is 0 Å². The third-order valence-corrected chi connectivity index (χ3v) is 1.55. The first-order valence-electron chi connectivity index (χ1n) is 7.22. The molecule has 21 heavy (non-hydrogen) atoms. The van der Waals surface area contributed by atoms with Crippen LogP contribution >= 0.6 is 0 Å². The average molecular weight is 296 g/mol. The number of ether oxygens (including phenoxy) is 1. The minimum absolute atomic E-state index is 0.653. The Bertz CT molecular complexity index is 338. The molecule has 122 valence electrons.